The fourth-order valence-electron chi connectivity index (χ4n) is 1.19. The fourth-order valence-corrected chi connectivity index (χ4v) is 1.89. The van der Waals surface area contributed by atoms with Crippen LogP contribution in [-0.4, -0.2) is 28.0 Å². The van der Waals surface area contributed by atoms with E-state index in [1.807, 2.05) is 0 Å². The predicted molar refractivity (Wildman–Crippen MR) is 63.4 cm³/mol. The Balaban J connectivity index is 2.10. The molecule has 2 aromatic heterocycles. The van der Waals surface area contributed by atoms with E-state index in [9.17, 15) is 4.79 Å². The van der Waals surface area contributed by atoms with Crippen LogP contribution in [-0.2, 0) is 0 Å². The molecule has 0 saturated carbocycles. The van der Waals surface area contributed by atoms with Gasteiger partial charge in [-0.3, -0.25) is 4.79 Å². The lowest BCUT2D eigenvalue weighted by Crippen LogP contribution is -2.12. The molecule has 0 saturated heterocycles. The van der Waals surface area contributed by atoms with E-state index in [1.54, 1.807) is 12.4 Å². The number of anilines is 1. The number of amides is 1. The van der Waals surface area contributed by atoms with Gasteiger partial charge in [-0.2, -0.15) is 0 Å². The highest BCUT2D eigenvalue weighted by molar-refractivity contribution is 7.12. The number of nitrogens with zero attached hydrogens (tertiary/aromatic N) is 3. The summed E-state index contributed by atoms with van der Waals surface area (Å²) in [6.45, 7) is 1.79. The second-order valence-electron chi connectivity index (χ2n) is 3.18. The van der Waals surface area contributed by atoms with Crippen LogP contribution in [0.1, 0.15) is 15.4 Å². The molecule has 2 heterocycles. The average molecular weight is 250 g/mol. The largest absolute Gasteiger partial charge is 0.467 e. The molecule has 0 spiro atoms. The van der Waals surface area contributed by atoms with E-state index >= 15 is 0 Å². The molecule has 0 aliphatic heterocycles. The highest BCUT2D eigenvalue weighted by Crippen LogP contribution is 2.15. The molecule has 2 aromatic rings. The van der Waals surface area contributed by atoms with Gasteiger partial charge in [0.1, 0.15) is 4.88 Å². The molecule has 0 aliphatic carbocycles. The van der Waals surface area contributed by atoms with E-state index in [0.717, 1.165) is 0 Å². The van der Waals surface area contributed by atoms with Gasteiger partial charge in [-0.25, -0.2) is 15.0 Å². The van der Waals surface area contributed by atoms with Gasteiger partial charge in [0.15, 0.2) is 0 Å². The van der Waals surface area contributed by atoms with Crippen LogP contribution < -0.4 is 10.1 Å². The maximum absolute atomic E-state index is 11.8. The molecule has 0 fully saturated rings. The van der Waals surface area contributed by atoms with Crippen molar-refractivity contribution in [2.45, 2.75) is 6.92 Å². The molecule has 0 bridgehead atoms. The SMILES string of the molecule is COc1ncc(NC(=O)c2scnc2C)cn1. The van der Waals surface area contributed by atoms with Crippen molar-refractivity contribution < 1.29 is 9.53 Å². The molecule has 0 aliphatic rings. The van der Waals surface area contributed by atoms with Gasteiger partial charge in [0.2, 0.25) is 0 Å². The third-order valence-corrected chi connectivity index (χ3v) is 2.95. The number of carbonyl (C=O) groups is 1. The number of thiazole rings is 1. The van der Waals surface area contributed by atoms with Crippen LogP contribution in [0.25, 0.3) is 0 Å². The Morgan fingerprint density at radius 1 is 1.35 bits per heavy atom. The van der Waals surface area contributed by atoms with E-state index in [4.69, 9.17) is 4.74 Å². The van der Waals surface area contributed by atoms with Gasteiger partial charge in [-0.05, 0) is 6.92 Å². The van der Waals surface area contributed by atoms with Gasteiger partial charge in [0.25, 0.3) is 5.91 Å². The van der Waals surface area contributed by atoms with Gasteiger partial charge in [0, 0.05) is 0 Å². The molecule has 1 N–H and O–H groups in total. The molecule has 0 atom stereocenters. The summed E-state index contributed by atoms with van der Waals surface area (Å²) in [4.78, 5) is 24.2. The summed E-state index contributed by atoms with van der Waals surface area (Å²) in [7, 11) is 1.48. The first-order chi connectivity index (χ1) is 8.20. The van der Waals surface area contributed by atoms with Crippen LogP contribution in [0.15, 0.2) is 17.9 Å². The fraction of sp³-hybridized carbons (Fsp3) is 0.200. The number of hydrogen-bond donors (Lipinski definition) is 1. The summed E-state index contributed by atoms with van der Waals surface area (Å²) < 4.78 is 4.82. The zero-order chi connectivity index (χ0) is 12.3. The van der Waals surface area contributed by atoms with E-state index in [0.29, 0.717) is 16.3 Å². The number of aromatic nitrogens is 3. The molecule has 17 heavy (non-hydrogen) atoms. The summed E-state index contributed by atoms with van der Waals surface area (Å²) in [5, 5.41) is 2.69. The second-order valence-corrected chi connectivity index (χ2v) is 4.03. The Kier molecular flexibility index (Phi) is 3.29. The lowest BCUT2D eigenvalue weighted by molar-refractivity contribution is 0.102. The molecule has 88 valence electrons. The lowest BCUT2D eigenvalue weighted by Gasteiger charge is -2.03. The first kappa shape index (κ1) is 11.5. The van der Waals surface area contributed by atoms with E-state index < -0.39 is 0 Å². The van der Waals surface area contributed by atoms with Crippen LogP contribution >= 0.6 is 11.3 Å². The average Bonchev–Trinajstić information content (AvgIpc) is 2.76. The first-order valence-electron chi connectivity index (χ1n) is 4.78. The smallest absolute Gasteiger partial charge is 0.316 e. The molecular weight excluding hydrogens is 240 g/mol. The minimum atomic E-state index is -0.209. The van der Waals surface area contributed by atoms with E-state index in [-0.39, 0.29) is 11.9 Å². The molecule has 2 rings (SSSR count). The van der Waals surface area contributed by atoms with Crippen molar-refractivity contribution >= 4 is 22.9 Å². The summed E-state index contributed by atoms with van der Waals surface area (Å²) in [5.74, 6) is -0.209. The second kappa shape index (κ2) is 4.88. The third kappa shape index (κ3) is 2.56. The van der Waals surface area contributed by atoms with Crippen molar-refractivity contribution in [1.29, 1.82) is 0 Å². The third-order valence-electron chi connectivity index (χ3n) is 2.02. The maximum Gasteiger partial charge on any atom is 0.316 e. The number of hydrogen-bond acceptors (Lipinski definition) is 6. The van der Waals surface area contributed by atoms with Crippen LogP contribution in [0, 0.1) is 6.92 Å². The van der Waals surface area contributed by atoms with Gasteiger partial charge < -0.3 is 10.1 Å². The number of carbonyl (C=O) groups excluding carboxylic acids is 1. The molecule has 7 heteroatoms. The Morgan fingerprint density at radius 3 is 2.59 bits per heavy atom. The molecule has 6 nitrogen and oxygen atoms in total. The molecule has 1 amide bonds. The van der Waals surface area contributed by atoms with Crippen LogP contribution in [0.3, 0.4) is 0 Å². The van der Waals surface area contributed by atoms with E-state index in [2.05, 4.69) is 20.3 Å². The molecule has 0 aromatic carbocycles. The quantitative estimate of drug-likeness (QED) is 0.893. The Labute approximate surface area is 102 Å². The van der Waals surface area contributed by atoms with Crippen molar-refractivity contribution in [2.24, 2.45) is 0 Å². The van der Waals surface area contributed by atoms with Crippen molar-refractivity contribution in [1.82, 2.24) is 15.0 Å². The van der Waals surface area contributed by atoms with E-state index in [1.165, 1.54) is 30.8 Å². The van der Waals surface area contributed by atoms with Crippen LogP contribution in [0.2, 0.25) is 0 Å². The van der Waals surface area contributed by atoms with Gasteiger partial charge >= 0.3 is 6.01 Å². The summed E-state index contributed by atoms with van der Waals surface area (Å²) in [6.07, 6.45) is 2.97. The summed E-state index contributed by atoms with van der Waals surface area (Å²) in [5.41, 5.74) is 2.86. The zero-order valence-corrected chi connectivity index (χ0v) is 10.1. The zero-order valence-electron chi connectivity index (χ0n) is 9.30. The normalized spacial score (nSPS) is 10.0. The van der Waals surface area contributed by atoms with Crippen molar-refractivity contribution in [3.63, 3.8) is 0 Å². The van der Waals surface area contributed by atoms with Crippen LogP contribution in [0.4, 0.5) is 5.69 Å². The van der Waals surface area contributed by atoms with Gasteiger partial charge in [0.05, 0.1) is 36.4 Å². The number of ether oxygens (including phenoxy) is 1. The van der Waals surface area contributed by atoms with Crippen molar-refractivity contribution in [3.05, 3.63) is 28.5 Å². The van der Waals surface area contributed by atoms with Gasteiger partial charge in [-0.1, -0.05) is 0 Å². The monoisotopic (exact) mass is 250 g/mol. The Bertz CT molecular complexity index is 523. The van der Waals surface area contributed by atoms with Crippen molar-refractivity contribution in [2.75, 3.05) is 12.4 Å². The minimum Gasteiger partial charge on any atom is -0.467 e. The Morgan fingerprint density at radius 2 is 2.06 bits per heavy atom. The van der Waals surface area contributed by atoms with Crippen LogP contribution in [0.5, 0.6) is 6.01 Å². The highest BCUT2D eigenvalue weighted by atomic mass is 32.1. The standard InChI is InChI=1S/C10H10N4O2S/c1-6-8(17-5-13-6)9(15)14-7-3-11-10(16-2)12-4-7/h3-5H,1-2H3,(H,14,15). The first-order valence-corrected chi connectivity index (χ1v) is 5.66. The number of aryl methyl sites for hydroxylation is 1. The minimum absolute atomic E-state index is 0.209. The number of nitrogens with one attached hydrogen (secondary N) is 1. The lowest BCUT2D eigenvalue weighted by atomic mass is 10.3. The summed E-state index contributed by atoms with van der Waals surface area (Å²) in [6, 6.07) is 0.261. The Hall–Kier alpha value is -2.02. The summed E-state index contributed by atoms with van der Waals surface area (Å²) >= 11 is 1.30. The van der Waals surface area contributed by atoms with Crippen molar-refractivity contribution in [3.8, 4) is 6.01 Å². The molecule has 0 unspecified atom stereocenters. The predicted octanol–water partition coefficient (Wildman–Crippen LogP) is 1.50. The molecular formula is C10H10N4O2S. The number of rotatable bonds is 3. The topological polar surface area (TPSA) is 77.0 Å². The maximum atomic E-state index is 11.8. The number of methoxy groups -OCH3 is 1. The van der Waals surface area contributed by atoms with Gasteiger partial charge in [-0.15, -0.1) is 11.3 Å². The molecule has 0 radical (unpaired) electrons. The highest BCUT2D eigenvalue weighted by Gasteiger charge is 2.12.